The molecule has 5 aromatic rings. The second-order valence-electron chi connectivity index (χ2n) is 18.4. The van der Waals surface area contributed by atoms with Gasteiger partial charge in [0, 0.05) is 43.3 Å². The van der Waals surface area contributed by atoms with Crippen LogP contribution in [0.3, 0.4) is 0 Å². The fraction of sp³-hybridized carbons (Fsp3) is 0.412. The molecule has 1 unspecified atom stereocenters. The Bertz CT molecular complexity index is 2750. The van der Waals surface area contributed by atoms with E-state index in [0.717, 1.165) is 86.5 Å². The van der Waals surface area contributed by atoms with Crippen LogP contribution in [0.15, 0.2) is 84.0 Å². The average molecular weight is 894 g/mol. The van der Waals surface area contributed by atoms with Crippen LogP contribution in [0, 0.1) is 17.8 Å². The van der Waals surface area contributed by atoms with E-state index in [1.165, 1.54) is 14.2 Å². The first kappa shape index (κ1) is 43.2. The van der Waals surface area contributed by atoms with Crippen molar-refractivity contribution in [2.45, 2.75) is 82.8 Å². The van der Waals surface area contributed by atoms with Crippen molar-refractivity contribution >= 4 is 46.2 Å². The summed E-state index contributed by atoms with van der Waals surface area (Å²) in [6, 6.07) is 22.1. The summed E-state index contributed by atoms with van der Waals surface area (Å²) in [7, 11) is 4.27. The number of nitrogens with zero attached hydrogens (tertiary/aromatic N) is 4. The minimum Gasteiger partial charge on any atom is -0.488 e. The van der Waals surface area contributed by atoms with Crippen LogP contribution in [0.5, 0.6) is 5.75 Å². The minimum atomic E-state index is -0.926. The van der Waals surface area contributed by atoms with Gasteiger partial charge >= 0.3 is 12.2 Å². The summed E-state index contributed by atoms with van der Waals surface area (Å²) in [6.07, 6.45) is 4.33. The van der Waals surface area contributed by atoms with Crippen LogP contribution < -0.4 is 15.4 Å². The number of carbonyl (C=O) groups excluding carboxylic acids is 4. The highest BCUT2D eigenvalue weighted by molar-refractivity contribution is 6.07. The first-order chi connectivity index (χ1) is 32.1. The van der Waals surface area contributed by atoms with Crippen molar-refractivity contribution in [2.24, 2.45) is 22.7 Å². The summed E-state index contributed by atoms with van der Waals surface area (Å²) in [5.41, 5.74) is 8.53. The number of nitrogens with one attached hydrogen (secondary N) is 3. The molecule has 10 rings (SSSR count). The van der Waals surface area contributed by atoms with Crippen LogP contribution in [0.4, 0.5) is 15.3 Å². The van der Waals surface area contributed by atoms with Gasteiger partial charge in [0.1, 0.15) is 30.3 Å². The van der Waals surface area contributed by atoms with Crippen LogP contribution in [-0.2, 0) is 36.8 Å². The Labute approximate surface area is 383 Å². The molecule has 66 heavy (non-hydrogen) atoms. The van der Waals surface area contributed by atoms with E-state index in [2.05, 4.69) is 58.1 Å². The smallest absolute Gasteiger partial charge is 0.407 e. The number of amides is 4. The van der Waals surface area contributed by atoms with E-state index in [1.54, 1.807) is 7.11 Å². The van der Waals surface area contributed by atoms with Gasteiger partial charge in [-0.25, -0.2) is 14.6 Å². The van der Waals surface area contributed by atoms with Gasteiger partial charge in [0.25, 0.3) is 0 Å². The zero-order valence-corrected chi connectivity index (χ0v) is 37.8. The number of benzene rings is 4. The van der Waals surface area contributed by atoms with Crippen molar-refractivity contribution in [3.8, 4) is 28.1 Å². The molecule has 15 nitrogen and oxygen atoms in total. The van der Waals surface area contributed by atoms with E-state index in [-0.39, 0.29) is 41.8 Å². The van der Waals surface area contributed by atoms with E-state index in [0.29, 0.717) is 44.1 Å². The number of ether oxygens (including phenoxy) is 4. The highest BCUT2D eigenvalue weighted by Crippen LogP contribution is 2.54. The Morgan fingerprint density at radius 3 is 2.47 bits per heavy atom. The van der Waals surface area contributed by atoms with Crippen LogP contribution >= 0.6 is 0 Å². The number of alkyl carbamates (subject to hydrolysis) is 2. The predicted molar refractivity (Wildman–Crippen MR) is 247 cm³/mol. The zero-order chi connectivity index (χ0) is 45.8. The Morgan fingerprint density at radius 2 is 1.70 bits per heavy atom. The van der Waals surface area contributed by atoms with E-state index in [1.807, 2.05) is 60.2 Å². The number of imidazole rings is 1. The number of piperidine rings is 1. The molecule has 1 saturated carbocycles. The maximum atomic E-state index is 14.5. The van der Waals surface area contributed by atoms with Gasteiger partial charge in [-0.15, -0.1) is 0 Å². The molecule has 4 aromatic carbocycles. The number of hydrogen-bond acceptors (Lipinski definition) is 10. The Balaban J connectivity index is 0.883. The number of aromatic nitrogens is 2. The van der Waals surface area contributed by atoms with Gasteiger partial charge < -0.3 is 44.4 Å². The number of aliphatic imine (C=N–C) groups is 1. The third-order valence-electron chi connectivity index (χ3n) is 14.4. The maximum Gasteiger partial charge on any atom is 0.407 e. The zero-order valence-electron chi connectivity index (χ0n) is 37.8. The second kappa shape index (κ2) is 17.6. The number of likely N-dealkylation sites (tertiary alicyclic amines) is 2. The number of rotatable bonds is 12. The number of H-pyrrole nitrogens is 1. The normalized spacial score (nSPS) is 22.5. The molecule has 5 heterocycles. The molecule has 0 bridgehead atoms. The molecule has 0 spiro atoms. The lowest BCUT2D eigenvalue weighted by atomic mass is 9.90. The lowest BCUT2D eigenvalue weighted by Crippen LogP contribution is -2.52. The molecule has 1 aliphatic carbocycles. The van der Waals surface area contributed by atoms with Crippen molar-refractivity contribution in [1.29, 1.82) is 0 Å². The molecule has 5 aliphatic rings. The standard InChI is InChI=1S/C51H55N7O8/c1-6-27(2)45(55-50(61)64-4)49(60)58-41-19-32(41)20-43(58)47-52-23-40(54-47)31-12-14-34-33(17-31)26-66-44-22-35-30(18-37(34)44)13-15-38-36(35)21-39(53-38)42-16-28(25-63-3)24-57(42)48(59)46(56-51(62)65-5)29-10-8-7-9-11-29/h7-15,17-18,22-23,27-28,32,41-43,45-46H,6,16,19-21,24-26H2,1-5H3,(H,52,54)(H,55,61)(H,56,62)/t27-,28-,32+,41+,42-,43?,45-,46+/m0/s1. The second-order valence-corrected chi connectivity index (χ2v) is 18.4. The van der Waals surface area contributed by atoms with Gasteiger partial charge in [-0.1, -0.05) is 68.8 Å². The fourth-order valence-electron chi connectivity index (χ4n) is 10.7. The summed E-state index contributed by atoms with van der Waals surface area (Å²) in [5, 5.41) is 7.70. The number of hydrogen-bond donors (Lipinski definition) is 3. The monoisotopic (exact) mass is 893 g/mol. The highest BCUT2D eigenvalue weighted by Gasteiger charge is 2.56. The van der Waals surface area contributed by atoms with E-state index in [4.69, 9.17) is 28.9 Å². The number of aromatic amines is 1. The molecule has 342 valence electrons. The average Bonchev–Trinajstić information content (AvgIpc) is 3.81. The van der Waals surface area contributed by atoms with Gasteiger partial charge in [0.15, 0.2) is 0 Å². The molecule has 4 aliphatic heterocycles. The number of fused-ring (bicyclic) bond motifs is 7. The topological polar surface area (TPSA) is 177 Å². The Hall–Kier alpha value is -6.74. The van der Waals surface area contributed by atoms with Crippen LogP contribution in [0.25, 0.3) is 33.2 Å². The lowest BCUT2D eigenvalue weighted by molar-refractivity contribution is -0.137. The molecule has 3 N–H and O–H groups in total. The van der Waals surface area contributed by atoms with Crippen molar-refractivity contribution in [3.05, 3.63) is 102 Å². The Morgan fingerprint density at radius 1 is 0.894 bits per heavy atom. The number of carbonyl (C=O) groups is 4. The Kier molecular flexibility index (Phi) is 11.5. The summed E-state index contributed by atoms with van der Waals surface area (Å²) < 4.78 is 21.9. The fourth-order valence-corrected chi connectivity index (χ4v) is 10.7. The van der Waals surface area contributed by atoms with Crippen molar-refractivity contribution in [3.63, 3.8) is 0 Å². The molecular formula is C51H55N7O8. The first-order valence-corrected chi connectivity index (χ1v) is 22.9. The summed E-state index contributed by atoms with van der Waals surface area (Å²) in [6.45, 7) is 5.35. The van der Waals surface area contributed by atoms with E-state index in [9.17, 15) is 19.2 Å². The predicted octanol–water partition coefficient (Wildman–Crippen LogP) is 7.81. The quantitative estimate of drug-likeness (QED) is 0.113. The molecule has 8 atom stereocenters. The third kappa shape index (κ3) is 7.82. The minimum absolute atomic E-state index is 0.0636. The first-order valence-electron chi connectivity index (χ1n) is 22.9. The van der Waals surface area contributed by atoms with Gasteiger partial charge in [0.2, 0.25) is 11.8 Å². The molecule has 3 fully saturated rings. The summed E-state index contributed by atoms with van der Waals surface area (Å²) in [5.74, 6) is 1.69. The summed E-state index contributed by atoms with van der Waals surface area (Å²) in [4.78, 5) is 70.6. The van der Waals surface area contributed by atoms with Gasteiger partial charge in [-0.05, 0) is 94.0 Å². The summed E-state index contributed by atoms with van der Waals surface area (Å²) >= 11 is 0. The van der Waals surface area contributed by atoms with Crippen molar-refractivity contribution < 1.29 is 38.1 Å². The number of methoxy groups -OCH3 is 3. The highest BCUT2D eigenvalue weighted by atomic mass is 16.5. The SMILES string of the molecule is CC[C@H](C)[C@H](NC(=O)OC)C(=O)N1C(c2ncc(-c3ccc4c(c3)COc3cc5c6c(ccc5cc3-4)N=C([C@@H]3C[C@H](COC)CN3C(=O)[C@H](NC(=O)OC)c3ccccc3)C6)[nH]2)C[C@H]2C[C@H]21. The van der Waals surface area contributed by atoms with Crippen LogP contribution in [0.1, 0.15) is 74.1 Å². The van der Waals surface area contributed by atoms with Crippen LogP contribution in [-0.4, -0.2) is 102 Å². The van der Waals surface area contributed by atoms with E-state index < -0.39 is 24.3 Å². The van der Waals surface area contributed by atoms with Gasteiger partial charge in [-0.3, -0.25) is 14.6 Å². The molecule has 4 amide bonds. The molecular weight excluding hydrogens is 839 g/mol. The largest absolute Gasteiger partial charge is 0.488 e. The van der Waals surface area contributed by atoms with Gasteiger partial charge in [-0.2, -0.15) is 0 Å². The van der Waals surface area contributed by atoms with Crippen molar-refractivity contribution in [2.75, 3.05) is 34.5 Å². The van der Waals surface area contributed by atoms with Gasteiger partial charge in [0.05, 0.1) is 50.5 Å². The van der Waals surface area contributed by atoms with E-state index >= 15 is 0 Å². The maximum absolute atomic E-state index is 14.5. The van der Waals surface area contributed by atoms with Crippen molar-refractivity contribution in [1.82, 2.24) is 30.4 Å². The van der Waals surface area contributed by atoms with Crippen LogP contribution in [0.2, 0.25) is 0 Å². The molecule has 1 aromatic heterocycles. The molecule has 0 radical (unpaired) electrons. The molecule has 2 saturated heterocycles. The molecule has 15 heteroatoms. The lowest BCUT2D eigenvalue weighted by Gasteiger charge is -2.32. The third-order valence-corrected chi connectivity index (χ3v) is 14.4.